The first kappa shape index (κ1) is 12.9. The summed E-state index contributed by atoms with van der Waals surface area (Å²) >= 11 is 0. The van der Waals surface area contributed by atoms with E-state index in [4.69, 9.17) is 0 Å². The molecule has 1 N–H and O–H groups in total. The van der Waals surface area contributed by atoms with E-state index in [0.29, 0.717) is 6.04 Å². The molecule has 2 aromatic carbocycles. The number of benzene rings is 2. The predicted octanol–water partition coefficient (Wildman–Crippen LogP) is 4.44. The molecule has 0 fully saturated rings. The Kier molecular flexibility index (Phi) is 4.14. The lowest BCUT2D eigenvalue weighted by molar-refractivity contribution is 0.481. The molecule has 1 unspecified atom stereocenters. The van der Waals surface area contributed by atoms with Gasteiger partial charge in [0.25, 0.3) is 0 Å². The maximum absolute atomic E-state index is 3.67. The van der Waals surface area contributed by atoms with Gasteiger partial charge in [-0.25, -0.2) is 5.43 Å². The Morgan fingerprint density at radius 1 is 0.800 bits per heavy atom. The van der Waals surface area contributed by atoms with Gasteiger partial charge in [0.05, 0.1) is 11.4 Å². The number of rotatable bonds is 4. The minimum Gasteiger partial charge on any atom is -0.277 e. The summed E-state index contributed by atoms with van der Waals surface area (Å²) in [5, 5.41) is 2.20. The number of hydrogen-bond donors (Lipinski definition) is 1. The summed E-state index contributed by atoms with van der Waals surface area (Å²) in [6.07, 6.45) is 7.99. The largest absolute Gasteiger partial charge is 0.277 e. The van der Waals surface area contributed by atoms with Crippen LogP contribution in [0.3, 0.4) is 0 Å². The van der Waals surface area contributed by atoms with E-state index in [1.54, 1.807) is 0 Å². The van der Waals surface area contributed by atoms with Gasteiger partial charge in [0, 0.05) is 6.04 Å². The van der Waals surface area contributed by atoms with Crippen LogP contribution in [0.2, 0.25) is 0 Å². The van der Waals surface area contributed by atoms with E-state index in [9.17, 15) is 0 Å². The maximum Gasteiger partial charge on any atom is 0.0577 e. The normalized spacial score (nSPS) is 17.9. The van der Waals surface area contributed by atoms with Gasteiger partial charge in [0.15, 0.2) is 0 Å². The van der Waals surface area contributed by atoms with E-state index in [1.165, 1.54) is 17.8 Å². The van der Waals surface area contributed by atoms with Crippen molar-refractivity contribution in [2.24, 2.45) is 0 Å². The topological polar surface area (TPSA) is 15.3 Å². The summed E-state index contributed by atoms with van der Waals surface area (Å²) < 4.78 is 0. The van der Waals surface area contributed by atoms with Crippen molar-refractivity contribution < 1.29 is 0 Å². The van der Waals surface area contributed by atoms with E-state index in [1.807, 2.05) is 0 Å². The van der Waals surface area contributed by atoms with Gasteiger partial charge in [0.2, 0.25) is 0 Å². The minimum absolute atomic E-state index is 0.500. The van der Waals surface area contributed by atoms with Gasteiger partial charge in [-0.3, -0.25) is 5.01 Å². The van der Waals surface area contributed by atoms with Crippen molar-refractivity contribution in [2.45, 2.75) is 25.3 Å². The second-order valence-electron chi connectivity index (χ2n) is 5.12. The molecule has 3 rings (SSSR count). The number of allylic oxidation sites excluding steroid dienone is 1. The fourth-order valence-corrected chi connectivity index (χ4v) is 2.55. The lowest BCUT2D eigenvalue weighted by Gasteiger charge is -2.31. The third kappa shape index (κ3) is 3.09. The predicted molar refractivity (Wildman–Crippen MR) is 84.9 cm³/mol. The van der Waals surface area contributed by atoms with Crippen molar-refractivity contribution in [1.82, 2.24) is 5.43 Å². The highest BCUT2D eigenvalue weighted by atomic mass is 15.5. The molecule has 1 aliphatic carbocycles. The fraction of sp³-hybridized carbons (Fsp3) is 0.222. The molecule has 0 saturated carbocycles. The molecule has 0 amide bonds. The number of anilines is 2. The highest BCUT2D eigenvalue weighted by Gasteiger charge is 2.15. The molecule has 0 saturated heterocycles. The second kappa shape index (κ2) is 6.40. The average Bonchev–Trinajstić information content (AvgIpc) is 2.55. The van der Waals surface area contributed by atoms with Crippen molar-refractivity contribution in [1.29, 1.82) is 0 Å². The van der Waals surface area contributed by atoms with Crippen molar-refractivity contribution in [2.75, 3.05) is 5.01 Å². The smallest absolute Gasteiger partial charge is 0.0577 e. The van der Waals surface area contributed by atoms with E-state index in [0.717, 1.165) is 12.8 Å². The van der Waals surface area contributed by atoms with Gasteiger partial charge >= 0.3 is 0 Å². The Hall–Kier alpha value is -2.06. The van der Waals surface area contributed by atoms with Crippen LogP contribution in [0.4, 0.5) is 11.4 Å². The number of hydrogen-bond acceptors (Lipinski definition) is 2. The molecule has 1 aliphatic rings. The molecule has 2 nitrogen and oxygen atoms in total. The highest BCUT2D eigenvalue weighted by Crippen LogP contribution is 2.24. The van der Waals surface area contributed by atoms with Crippen LogP contribution >= 0.6 is 0 Å². The van der Waals surface area contributed by atoms with Gasteiger partial charge < -0.3 is 0 Å². The standard InChI is InChI=1S/C18H20N2/c1-4-10-16(11-5-1)19-20(17-12-6-2-7-13-17)18-14-8-3-9-15-18/h1-4,6-9,12-16,19H,5,10-11H2. The van der Waals surface area contributed by atoms with E-state index < -0.39 is 0 Å². The molecular formula is C18H20N2. The molecule has 0 heterocycles. The number of hydrazine groups is 1. The molecule has 1 atom stereocenters. The van der Waals surface area contributed by atoms with Crippen LogP contribution in [0.15, 0.2) is 72.8 Å². The van der Waals surface area contributed by atoms with E-state index in [2.05, 4.69) is 83.3 Å². The SMILES string of the molecule is C1=CCC(NN(c2ccccc2)c2ccccc2)CC1. The summed E-state index contributed by atoms with van der Waals surface area (Å²) in [5.74, 6) is 0. The summed E-state index contributed by atoms with van der Waals surface area (Å²) in [6.45, 7) is 0. The van der Waals surface area contributed by atoms with Crippen LogP contribution in [-0.2, 0) is 0 Å². The van der Waals surface area contributed by atoms with E-state index in [-0.39, 0.29) is 0 Å². The van der Waals surface area contributed by atoms with Crippen LogP contribution in [-0.4, -0.2) is 6.04 Å². The summed E-state index contributed by atoms with van der Waals surface area (Å²) in [7, 11) is 0. The van der Waals surface area contributed by atoms with Gasteiger partial charge in [0.1, 0.15) is 0 Å². The van der Waals surface area contributed by atoms with Crippen molar-refractivity contribution in [3.05, 3.63) is 72.8 Å². The lowest BCUT2D eigenvalue weighted by atomic mass is 10.0. The third-order valence-electron chi connectivity index (χ3n) is 3.61. The Balaban J connectivity index is 1.86. The van der Waals surface area contributed by atoms with Crippen molar-refractivity contribution in [3.63, 3.8) is 0 Å². The molecule has 0 spiro atoms. The maximum atomic E-state index is 3.67. The van der Waals surface area contributed by atoms with Gasteiger partial charge in [-0.2, -0.15) is 0 Å². The number of nitrogens with one attached hydrogen (secondary N) is 1. The number of para-hydroxylation sites is 2. The molecule has 2 aromatic rings. The Morgan fingerprint density at radius 2 is 1.40 bits per heavy atom. The first-order chi connectivity index (χ1) is 9.93. The zero-order valence-corrected chi connectivity index (χ0v) is 11.6. The van der Waals surface area contributed by atoms with Crippen LogP contribution < -0.4 is 10.4 Å². The van der Waals surface area contributed by atoms with Crippen molar-refractivity contribution in [3.8, 4) is 0 Å². The molecule has 0 radical (unpaired) electrons. The monoisotopic (exact) mass is 264 g/mol. The molecule has 0 aromatic heterocycles. The molecule has 102 valence electrons. The zero-order chi connectivity index (χ0) is 13.6. The van der Waals surface area contributed by atoms with Crippen LogP contribution in [0.25, 0.3) is 0 Å². The lowest BCUT2D eigenvalue weighted by Crippen LogP contribution is -2.42. The minimum atomic E-state index is 0.500. The van der Waals surface area contributed by atoms with Gasteiger partial charge in [-0.15, -0.1) is 0 Å². The average molecular weight is 264 g/mol. The van der Waals surface area contributed by atoms with Gasteiger partial charge in [-0.1, -0.05) is 48.6 Å². The fourth-order valence-electron chi connectivity index (χ4n) is 2.55. The first-order valence-electron chi connectivity index (χ1n) is 7.25. The quantitative estimate of drug-likeness (QED) is 0.649. The zero-order valence-electron chi connectivity index (χ0n) is 11.6. The second-order valence-corrected chi connectivity index (χ2v) is 5.12. The van der Waals surface area contributed by atoms with Crippen molar-refractivity contribution >= 4 is 11.4 Å². The van der Waals surface area contributed by atoms with E-state index >= 15 is 0 Å². The van der Waals surface area contributed by atoms with Gasteiger partial charge in [-0.05, 0) is 43.5 Å². The number of nitrogens with zero attached hydrogens (tertiary/aromatic N) is 1. The summed E-state index contributed by atoms with van der Waals surface area (Å²) in [5.41, 5.74) is 6.02. The Morgan fingerprint density at radius 3 is 1.90 bits per heavy atom. The molecular weight excluding hydrogens is 244 g/mol. The Bertz CT molecular complexity index is 509. The van der Waals surface area contributed by atoms with Crippen LogP contribution in [0, 0.1) is 0 Å². The molecule has 20 heavy (non-hydrogen) atoms. The van der Waals surface area contributed by atoms with Crippen LogP contribution in [0.5, 0.6) is 0 Å². The third-order valence-corrected chi connectivity index (χ3v) is 3.61. The highest BCUT2D eigenvalue weighted by molar-refractivity contribution is 5.61. The molecule has 2 heteroatoms. The summed E-state index contributed by atoms with van der Waals surface area (Å²) in [4.78, 5) is 0. The summed E-state index contributed by atoms with van der Waals surface area (Å²) in [6, 6.07) is 21.5. The Labute approximate surface area is 120 Å². The molecule has 0 aliphatic heterocycles. The molecule has 0 bridgehead atoms. The van der Waals surface area contributed by atoms with Crippen LogP contribution in [0.1, 0.15) is 19.3 Å². The first-order valence-corrected chi connectivity index (χ1v) is 7.25.